The van der Waals surface area contributed by atoms with E-state index in [1.165, 1.54) is 0 Å². The van der Waals surface area contributed by atoms with Gasteiger partial charge in [-0.2, -0.15) is 0 Å². The Morgan fingerprint density at radius 3 is 2.89 bits per heavy atom. The zero-order valence-corrected chi connectivity index (χ0v) is 13.0. The number of aliphatic hydroxyl groups is 1. The molecule has 3 unspecified atom stereocenters. The highest BCUT2D eigenvalue weighted by atomic mass is 79.9. The second-order valence-corrected chi connectivity index (χ2v) is 5.69. The summed E-state index contributed by atoms with van der Waals surface area (Å²) < 4.78 is 12.0. The van der Waals surface area contributed by atoms with Gasteiger partial charge in [0.1, 0.15) is 5.75 Å². The molecule has 1 aliphatic rings. The summed E-state index contributed by atoms with van der Waals surface area (Å²) in [6.07, 6.45) is 1.56. The van der Waals surface area contributed by atoms with E-state index < -0.39 is 6.10 Å². The maximum atomic E-state index is 10.5. The Morgan fingerprint density at radius 1 is 1.47 bits per heavy atom. The van der Waals surface area contributed by atoms with Crippen molar-refractivity contribution in [2.45, 2.75) is 38.9 Å². The van der Waals surface area contributed by atoms with Gasteiger partial charge in [-0.15, -0.1) is 0 Å². The lowest BCUT2D eigenvalue weighted by Gasteiger charge is -2.23. The monoisotopic (exact) mass is 328 g/mol. The van der Waals surface area contributed by atoms with E-state index in [1.54, 1.807) is 0 Å². The van der Waals surface area contributed by atoms with Gasteiger partial charge < -0.3 is 14.6 Å². The van der Waals surface area contributed by atoms with Crippen molar-refractivity contribution in [2.75, 3.05) is 13.2 Å². The predicted octanol–water partition coefficient (Wildman–Crippen LogP) is 3.70. The van der Waals surface area contributed by atoms with Crippen molar-refractivity contribution in [2.24, 2.45) is 5.92 Å². The number of hydrogen-bond acceptors (Lipinski definition) is 3. The van der Waals surface area contributed by atoms with Gasteiger partial charge in [-0.1, -0.05) is 13.0 Å². The molecule has 0 aromatic heterocycles. The first kappa shape index (κ1) is 14.8. The van der Waals surface area contributed by atoms with Gasteiger partial charge >= 0.3 is 0 Å². The fraction of sp³-hybridized carbons (Fsp3) is 0.600. The van der Waals surface area contributed by atoms with Gasteiger partial charge in [0, 0.05) is 12.5 Å². The van der Waals surface area contributed by atoms with Crippen molar-refractivity contribution in [1.82, 2.24) is 0 Å². The summed E-state index contributed by atoms with van der Waals surface area (Å²) in [6, 6.07) is 5.79. The predicted molar refractivity (Wildman–Crippen MR) is 78.4 cm³/mol. The second-order valence-electron chi connectivity index (χ2n) is 4.84. The molecule has 1 aliphatic heterocycles. The van der Waals surface area contributed by atoms with Crippen LogP contribution in [0.4, 0.5) is 0 Å². The molecule has 1 fully saturated rings. The van der Waals surface area contributed by atoms with Crippen LogP contribution in [0.15, 0.2) is 22.7 Å². The van der Waals surface area contributed by atoms with Crippen LogP contribution in [0.3, 0.4) is 0 Å². The highest BCUT2D eigenvalue weighted by molar-refractivity contribution is 9.10. The van der Waals surface area contributed by atoms with E-state index in [1.807, 2.05) is 25.1 Å². The van der Waals surface area contributed by atoms with Crippen molar-refractivity contribution >= 4 is 15.9 Å². The van der Waals surface area contributed by atoms with Gasteiger partial charge in [-0.3, -0.25) is 0 Å². The first-order valence-corrected chi connectivity index (χ1v) is 7.68. The van der Waals surface area contributed by atoms with Crippen LogP contribution in [0, 0.1) is 5.92 Å². The van der Waals surface area contributed by atoms with Crippen molar-refractivity contribution in [3.63, 3.8) is 0 Å². The minimum Gasteiger partial charge on any atom is -0.493 e. The van der Waals surface area contributed by atoms with E-state index in [4.69, 9.17) is 9.47 Å². The van der Waals surface area contributed by atoms with Crippen molar-refractivity contribution in [3.05, 3.63) is 28.2 Å². The lowest BCUT2D eigenvalue weighted by atomic mass is 9.89. The van der Waals surface area contributed by atoms with E-state index in [0.717, 1.165) is 35.2 Å². The minimum absolute atomic E-state index is 0.167. The van der Waals surface area contributed by atoms with E-state index in [-0.39, 0.29) is 12.0 Å². The lowest BCUT2D eigenvalue weighted by Crippen LogP contribution is -2.22. The molecular weight excluding hydrogens is 308 g/mol. The van der Waals surface area contributed by atoms with Crippen LogP contribution in [0.1, 0.15) is 38.4 Å². The van der Waals surface area contributed by atoms with Crippen LogP contribution in [-0.4, -0.2) is 24.4 Å². The fourth-order valence-corrected chi connectivity index (χ4v) is 3.18. The summed E-state index contributed by atoms with van der Waals surface area (Å²) in [5.41, 5.74) is 0.921. The minimum atomic E-state index is -0.473. The third-order valence-electron chi connectivity index (χ3n) is 3.67. The SMILES string of the molecule is CCOc1ccc(C(O)C2CCOC2CC)cc1Br. The molecule has 106 valence electrons. The Morgan fingerprint density at radius 2 is 2.26 bits per heavy atom. The lowest BCUT2D eigenvalue weighted by molar-refractivity contribution is 0.0307. The molecule has 1 heterocycles. The van der Waals surface area contributed by atoms with Crippen molar-refractivity contribution in [3.8, 4) is 5.75 Å². The largest absolute Gasteiger partial charge is 0.493 e. The average molecular weight is 329 g/mol. The highest BCUT2D eigenvalue weighted by Gasteiger charge is 2.33. The van der Waals surface area contributed by atoms with Crippen LogP contribution in [0.25, 0.3) is 0 Å². The molecule has 1 N–H and O–H groups in total. The zero-order chi connectivity index (χ0) is 13.8. The molecule has 0 aliphatic carbocycles. The Labute approximate surface area is 123 Å². The van der Waals surface area contributed by atoms with Gasteiger partial charge in [0.05, 0.1) is 23.3 Å². The molecular formula is C15H21BrO3. The van der Waals surface area contributed by atoms with E-state index in [2.05, 4.69) is 22.9 Å². The molecule has 1 saturated heterocycles. The molecule has 3 nitrogen and oxygen atoms in total. The van der Waals surface area contributed by atoms with Crippen molar-refractivity contribution in [1.29, 1.82) is 0 Å². The van der Waals surface area contributed by atoms with Gasteiger partial charge in [-0.05, 0) is 53.4 Å². The maximum Gasteiger partial charge on any atom is 0.133 e. The van der Waals surface area contributed by atoms with Gasteiger partial charge in [-0.25, -0.2) is 0 Å². The summed E-state index contributed by atoms with van der Waals surface area (Å²) >= 11 is 3.49. The van der Waals surface area contributed by atoms with Gasteiger partial charge in [0.15, 0.2) is 0 Å². The maximum absolute atomic E-state index is 10.5. The highest BCUT2D eigenvalue weighted by Crippen LogP contribution is 2.37. The molecule has 2 rings (SSSR count). The molecule has 0 bridgehead atoms. The zero-order valence-electron chi connectivity index (χ0n) is 11.4. The Hall–Kier alpha value is -0.580. The summed E-state index contributed by atoms with van der Waals surface area (Å²) in [4.78, 5) is 0. The van der Waals surface area contributed by atoms with E-state index in [9.17, 15) is 5.11 Å². The number of hydrogen-bond donors (Lipinski definition) is 1. The van der Waals surface area contributed by atoms with Crippen LogP contribution in [0.5, 0.6) is 5.75 Å². The van der Waals surface area contributed by atoms with Crippen LogP contribution < -0.4 is 4.74 Å². The van der Waals surface area contributed by atoms with Crippen LogP contribution in [0.2, 0.25) is 0 Å². The Balaban J connectivity index is 2.15. The number of ether oxygens (including phenoxy) is 2. The topological polar surface area (TPSA) is 38.7 Å². The van der Waals surface area contributed by atoms with Crippen LogP contribution in [-0.2, 0) is 4.74 Å². The molecule has 0 saturated carbocycles. The molecule has 3 atom stereocenters. The molecule has 4 heteroatoms. The standard InChI is InChI=1S/C15H21BrO3/c1-3-13-11(7-8-19-13)15(17)10-5-6-14(18-4-2)12(16)9-10/h5-6,9,11,13,15,17H,3-4,7-8H2,1-2H3. The Kier molecular flexibility index (Phi) is 5.25. The summed E-state index contributed by atoms with van der Waals surface area (Å²) in [5, 5.41) is 10.5. The summed E-state index contributed by atoms with van der Waals surface area (Å²) in [7, 11) is 0. The smallest absolute Gasteiger partial charge is 0.133 e. The van der Waals surface area contributed by atoms with Crippen LogP contribution >= 0.6 is 15.9 Å². The first-order chi connectivity index (χ1) is 9.17. The molecule has 0 radical (unpaired) electrons. The molecule has 1 aromatic rings. The van der Waals surface area contributed by atoms with E-state index >= 15 is 0 Å². The number of aliphatic hydroxyl groups excluding tert-OH is 1. The average Bonchev–Trinajstić information content (AvgIpc) is 2.88. The van der Waals surface area contributed by atoms with Gasteiger partial charge in [0.25, 0.3) is 0 Å². The third-order valence-corrected chi connectivity index (χ3v) is 4.29. The molecule has 1 aromatic carbocycles. The second kappa shape index (κ2) is 6.73. The number of benzene rings is 1. The normalized spacial score (nSPS) is 24.4. The van der Waals surface area contributed by atoms with Gasteiger partial charge in [0.2, 0.25) is 0 Å². The third kappa shape index (κ3) is 3.30. The summed E-state index contributed by atoms with van der Waals surface area (Å²) in [5.74, 6) is 1.00. The van der Waals surface area contributed by atoms with E-state index in [0.29, 0.717) is 6.61 Å². The Bertz CT molecular complexity index is 422. The quantitative estimate of drug-likeness (QED) is 0.895. The first-order valence-electron chi connectivity index (χ1n) is 6.89. The number of rotatable bonds is 5. The molecule has 0 spiro atoms. The number of halogens is 1. The summed E-state index contributed by atoms with van der Waals surface area (Å²) in [6.45, 7) is 5.44. The molecule has 19 heavy (non-hydrogen) atoms. The molecule has 0 amide bonds. The fourth-order valence-electron chi connectivity index (χ4n) is 2.67. The van der Waals surface area contributed by atoms with Crippen molar-refractivity contribution < 1.29 is 14.6 Å².